The van der Waals surface area contributed by atoms with Gasteiger partial charge in [-0.15, -0.1) is 0 Å². The van der Waals surface area contributed by atoms with Gasteiger partial charge >= 0.3 is 0 Å². The number of hydrogen-bond donors (Lipinski definition) is 2. The Morgan fingerprint density at radius 3 is 2.87 bits per heavy atom. The minimum absolute atomic E-state index is 0.0916. The molecule has 6 nitrogen and oxygen atoms in total. The molecule has 1 aromatic carbocycles. The van der Waals surface area contributed by atoms with Crippen molar-refractivity contribution in [1.82, 2.24) is 5.32 Å². The van der Waals surface area contributed by atoms with Crippen LogP contribution in [0.5, 0.6) is 5.75 Å². The molecule has 126 valence electrons. The number of hydrogen-bond acceptors (Lipinski definition) is 4. The normalized spacial score (nSPS) is 18.9. The second kappa shape index (κ2) is 7.46. The van der Waals surface area contributed by atoms with Gasteiger partial charge in [-0.05, 0) is 31.0 Å². The van der Waals surface area contributed by atoms with Gasteiger partial charge in [-0.25, -0.2) is 0 Å². The third kappa shape index (κ3) is 3.82. The van der Waals surface area contributed by atoms with Gasteiger partial charge in [0.25, 0.3) is 0 Å². The molecule has 1 fully saturated rings. The van der Waals surface area contributed by atoms with Crippen LogP contribution >= 0.6 is 0 Å². The first-order valence-electron chi connectivity index (χ1n) is 7.86. The molecule has 2 unspecified atom stereocenters. The molecule has 0 saturated carbocycles. The van der Waals surface area contributed by atoms with Crippen LogP contribution in [0.3, 0.4) is 0 Å². The van der Waals surface area contributed by atoms with E-state index in [0.29, 0.717) is 24.4 Å². The summed E-state index contributed by atoms with van der Waals surface area (Å²) in [7, 11) is 1.56. The number of nitrogens with zero attached hydrogens (tertiary/aromatic N) is 1. The molecule has 1 heterocycles. The van der Waals surface area contributed by atoms with Crippen molar-refractivity contribution >= 4 is 17.5 Å². The topological polar surface area (TPSA) is 78.9 Å². The Labute approximate surface area is 136 Å². The van der Waals surface area contributed by atoms with Gasteiger partial charge in [0.15, 0.2) is 0 Å². The lowest BCUT2D eigenvalue weighted by Gasteiger charge is -2.21. The molecule has 1 aromatic rings. The molecule has 2 N–H and O–H groups in total. The zero-order chi connectivity index (χ0) is 17.0. The van der Waals surface area contributed by atoms with Crippen molar-refractivity contribution < 1.29 is 19.4 Å². The number of aliphatic hydroxyl groups excluding tert-OH is 1. The second-order valence-corrected chi connectivity index (χ2v) is 5.88. The molecule has 1 aliphatic rings. The number of methoxy groups -OCH3 is 1. The van der Waals surface area contributed by atoms with Crippen molar-refractivity contribution in [2.45, 2.75) is 32.7 Å². The van der Waals surface area contributed by atoms with Gasteiger partial charge in [0.2, 0.25) is 11.8 Å². The van der Waals surface area contributed by atoms with Crippen LogP contribution < -0.4 is 15.0 Å². The maximum atomic E-state index is 12.3. The second-order valence-electron chi connectivity index (χ2n) is 5.88. The van der Waals surface area contributed by atoms with E-state index in [9.17, 15) is 14.7 Å². The third-order valence-electron chi connectivity index (χ3n) is 4.18. The zero-order valence-corrected chi connectivity index (χ0v) is 13.8. The Bertz CT molecular complexity index is 584. The van der Waals surface area contributed by atoms with Gasteiger partial charge in [0, 0.05) is 13.0 Å². The molecule has 0 spiro atoms. The Morgan fingerprint density at radius 2 is 2.26 bits per heavy atom. The summed E-state index contributed by atoms with van der Waals surface area (Å²) in [5, 5.41) is 12.0. The van der Waals surface area contributed by atoms with Gasteiger partial charge in [-0.2, -0.15) is 0 Å². The molecule has 0 aromatic heterocycles. The number of anilines is 1. The summed E-state index contributed by atoms with van der Waals surface area (Å²) < 4.78 is 5.33. The molecular formula is C17H24N2O4. The van der Waals surface area contributed by atoms with Crippen molar-refractivity contribution in [3.63, 3.8) is 0 Å². The fourth-order valence-corrected chi connectivity index (χ4v) is 2.72. The van der Waals surface area contributed by atoms with Crippen LogP contribution in [0.2, 0.25) is 0 Å². The first-order valence-corrected chi connectivity index (χ1v) is 7.86. The molecule has 23 heavy (non-hydrogen) atoms. The molecule has 0 radical (unpaired) electrons. The number of nitrogens with one attached hydrogen (secondary N) is 1. The average Bonchev–Trinajstić information content (AvgIpc) is 2.94. The van der Waals surface area contributed by atoms with Crippen LogP contribution in [0.15, 0.2) is 18.2 Å². The number of carbonyl (C=O) groups excluding carboxylic acids is 2. The minimum Gasteiger partial charge on any atom is -0.495 e. The molecule has 2 atom stereocenters. The molecular weight excluding hydrogens is 296 g/mol. The van der Waals surface area contributed by atoms with Gasteiger partial charge in [-0.1, -0.05) is 13.0 Å². The quantitative estimate of drug-likeness (QED) is 0.827. The van der Waals surface area contributed by atoms with Crippen LogP contribution in [-0.2, 0) is 9.59 Å². The molecule has 1 aliphatic heterocycles. The van der Waals surface area contributed by atoms with Crippen molar-refractivity contribution in [2.24, 2.45) is 5.92 Å². The van der Waals surface area contributed by atoms with E-state index in [2.05, 4.69) is 5.32 Å². The summed E-state index contributed by atoms with van der Waals surface area (Å²) in [5.41, 5.74) is 1.72. The van der Waals surface area contributed by atoms with Crippen LogP contribution in [0, 0.1) is 12.8 Å². The monoisotopic (exact) mass is 320 g/mol. The zero-order valence-electron chi connectivity index (χ0n) is 13.8. The lowest BCUT2D eigenvalue weighted by atomic mass is 10.1. The first kappa shape index (κ1) is 17.3. The van der Waals surface area contributed by atoms with Crippen LogP contribution in [-0.4, -0.2) is 43.2 Å². The summed E-state index contributed by atoms with van der Waals surface area (Å²) in [4.78, 5) is 26.2. The van der Waals surface area contributed by atoms with E-state index < -0.39 is 5.92 Å². The summed E-state index contributed by atoms with van der Waals surface area (Å²) >= 11 is 0. The van der Waals surface area contributed by atoms with Gasteiger partial charge < -0.3 is 20.1 Å². The number of rotatable bonds is 6. The van der Waals surface area contributed by atoms with E-state index in [1.807, 2.05) is 32.0 Å². The van der Waals surface area contributed by atoms with Crippen molar-refractivity contribution in [1.29, 1.82) is 0 Å². The average molecular weight is 320 g/mol. The summed E-state index contributed by atoms with van der Waals surface area (Å²) in [6.45, 7) is 4.07. The highest BCUT2D eigenvalue weighted by Gasteiger charge is 2.36. The molecule has 6 heteroatoms. The Morgan fingerprint density at radius 1 is 1.52 bits per heavy atom. The molecule has 0 aliphatic carbocycles. The number of amides is 2. The predicted molar refractivity (Wildman–Crippen MR) is 87.5 cm³/mol. The van der Waals surface area contributed by atoms with E-state index in [0.717, 1.165) is 5.56 Å². The van der Waals surface area contributed by atoms with E-state index in [1.165, 1.54) is 0 Å². The van der Waals surface area contributed by atoms with Gasteiger partial charge in [0.05, 0.1) is 31.4 Å². The van der Waals surface area contributed by atoms with Gasteiger partial charge in [0.1, 0.15) is 5.75 Å². The van der Waals surface area contributed by atoms with Crippen molar-refractivity contribution in [3.05, 3.63) is 23.8 Å². The smallest absolute Gasteiger partial charge is 0.227 e. The predicted octanol–water partition coefficient (Wildman–Crippen LogP) is 1.24. The highest BCUT2D eigenvalue weighted by molar-refractivity contribution is 6.01. The molecule has 2 rings (SSSR count). The third-order valence-corrected chi connectivity index (χ3v) is 4.18. The standard InChI is InChI=1S/C17H24N2O4/c1-4-13(10-20)18-17(22)12-8-16(21)19(9-12)14-7-11(2)5-6-15(14)23-3/h5-7,12-13,20H,4,8-10H2,1-3H3,(H,18,22). The number of benzene rings is 1. The summed E-state index contributed by atoms with van der Waals surface area (Å²) in [6, 6.07) is 5.37. The van der Waals surface area contributed by atoms with Crippen LogP contribution in [0.25, 0.3) is 0 Å². The van der Waals surface area contributed by atoms with E-state index in [-0.39, 0.29) is 30.9 Å². The number of aliphatic hydroxyl groups is 1. The fraction of sp³-hybridized carbons (Fsp3) is 0.529. The van der Waals surface area contributed by atoms with E-state index >= 15 is 0 Å². The number of ether oxygens (including phenoxy) is 1. The number of aryl methyl sites for hydroxylation is 1. The fourth-order valence-electron chi connectivity index (χ4n) is 2.72. The van der Waals surface area contributed by atoms with E-state index in [4.69, 9.17) is 4.74 Å². The lowest BCUT2D eigenvalue weighted by Crippen LogP contribution is -2.41. The SMILES string of the molecule is CCC(CO)NC(=O)C1CC(=O)N(c2cc(C)ccc2OC)C1. The highest BCUT2D eigenvalue weighted by Crippen LogP contribution is 2.33. The maximum Gasteiger partial charge on any atom is 0.227 e. The molecule has 2 amide bonds. The summed E-state index contributed by atoms with van der Waals surface area (Å²) in [6.07, 6.45) is 0.823. The largest absolute Gasteiger partial charge is 0.495 e. The molecule has 1 saturated heterocycles. The van der Waals surface area contributed by atoms with Gasteiger partial charge in [-0.3, -0.25) is 9.59 Å². The Kier molecular flexibility index (Phi) is 5.60. The maximum absolute atomic E-state index is 12.3. The van der Waals surface area contributed by atoms with Crippen molar-refractivity contribution in [3.8, 4) is 5.75 Å². The van der Waals surface area contributed by atoms with Crippen LogP contribution in [0.1, 0.15) is 25.3 Å². The summed E-state index contributed by atoms with van der Waals surface area (Å²) in [5.74, 6) is -0.0698. The van der Waals surface area contributed by atoms with Crippen molar-refractivity contribution in [2.75, 3.05) is 25.2 Å². The molecule has 0 bridgehead atoms. The first-order chi connectivity index (χ1) is 11.0. The highest BCUT2D eigenvalue weighted by atomic mass is 16.5. The minimum atomic E-state index is -0.409. The van der Waals surface area contributed by atoms with Crippen LogP contribution in [0.4, 0.5) is 5.69 Å². The van der Waals surface area contributed by atoms with E-state index in [1.54, 1.807) is 12.0 Å². The Hall–Kier alpha value is -2.08. The lowest BCUT2D eigenvalue weighted by molar-refractivity contribution is -0.127. The number of carbonyl (C=O) groups is 2. The Balaban J connectivity index is 2.14.